The average Bonchev–Trinajstić information content (AvgIpc) is 2.66. The molecular weight excluding hydrogens is 324 g/mol. The van der Waals surface area contributed by atoms with Crippen molar-refractivity contribution in [2.75, 3.05) is 39.4 Å². The molecule has 0 unspecified atom stereocenters. The van der Waals surface area contributed by atoms with E-state index < -0.39 is 0 Å². The Morgan fingerprint density at radius 1 is 1.47 bits per heavy atom. The van der Waals surface area contributed by atoms with Gasteiger partial charge in [-0.05, 0) is 22.0 Å². The molecule has 96 valence electrons. The molecule has 0 spiro atoms. The molecule has 2 heterocycles. The van der Waals surface area contributed by atoms with Crippen molar-refractivity contribution in [3.63, 3.8) is 0 Å². The van der Waals surface area contributed by atoms with Crippen molar-refractivity contribution >= 4 is 38.9 Å². The summed E-state index contributed by atoms with van der Waals surface area (Å²) in [6, 6.07) is 2.08. The molecule has 1 saturated heterocycles. The highest BCUT2D eigenvalue weighted by atomic mass is 79.9. The maximum Gasteiger partial charge on any atom is 0.107 e. The van der Waals surface area contributed by atoms with E-state index in [4.69, 9.17) is 16.3 Å². The molecule has 1 fully saturated rings. The van der Waals surface area contributed by atoms with Crippen LogP contribution in [-0.2, 0) is 11.3 Å². The number of thiophene rings is 1. The standard InChI is InChI=1S/C11H16BrClN2OS/c12-10-7-9(17-11(10)13)8-14-1-2-15-3-5-16-6-4-15/h7,14H,1-6,8H2. The monoisotopic (exact) mass is 338 g/mol. The van der Waals surface area contributed by atoms with Crippen molar-refractivity contribution in [3.8, 4) is 0 Å². The number of morpholine rings is 1. The molecule has 17 heavy (non-hydrogen) atoms. The van der Waals surface area contributed by atoms with Crippen LogP contribution in [0.4, 0.5) is 0 Å². The van der Waals surface area contributed by atoms with Gasteiger partial charge in [-0.3, -0.25) is 4.90 Å². The lowest BCUT2D eigenvalue weighted by atomic mass is 10.4. The summed E-state index contributed by atoms with van der Waals surface area (Å²) < 4.78 is 7.13. The number of ether oxygens (including phenoxy) is 1. The molecule has 0 radical (unpaired) electrons. The summed E-state index contributed by atoms with van der Waals surface area (Å²) in [5, 5.41) is 3.44. The normalized spacial score (nSPS) is 17.5. The zero-order valence-electron chi connectivity index (χ0n) is 9.55. The van der Waals surface area contributed by atoms with Crippen LogP contribution in [-0.4, -0.2) is 44.3 Å². The molecule has 0 aromatic carbocycles. The van der Waals surface area contributed by atoms with Gasteiger partial charge in [-0.1, -0.05) is 11.6 Å². The minimum absolute atomic E-state index is 0.829. The second kappa shape index (κ2) is 7.07. The topological polar surface area (TPSA) is 24.5 Å². The first-order valence-corrected chi connectivity index (χ1v) is 7.69. The van der Waals surface area contributed by atoms with Crippen molar-refractivity contribution < 1.29 is 4.74 Å². The van der Waals surface area contributed by atoms with E-state index in [1.54, 1.807) is 11.3 Å². The molecule has 6 heteroatoms. The Morgan fingerprint density at radius 3 is 2.88 bits per heavy atom. The van der Waals surface area contributed by atoms with Crippen LogP contribution >= 0.6 is 38.9 Å². The third-order valence-corrected chi connectivity index (χ3v) is 5.18. The molecule has 0 saturated carbocycles. The molecule has 3 nitrogen and oxygen atoms in total. The van der Waals surface area contributed by atoms with Gasteiger partial charge in [-0.15, -0.1) is 11.3 Å². The minimum atomic E-state index is 0.829. The van der Waals surface area contributed by atoms with Gasteiger partial charge in [0, 0.05) is 42.1 Å². The lowest BCUT2D eigenvalue weighted by molar-refractivity contribution is 0.0384. The Labute approximate surface area is 119 Å². The van der Waals surface area contributed by atoms with E-state index in [0.717, 1.165) is 54.7 Å². The fourth-order valence-corrected chi connectivity index (χ4v) is 3.51. The number of nitrogens with one attached hydrogen (secondary N) is 1. The summed E-state index contributed by atoms with van der Waals surface area (Å²) in [6.45, 7) is 6.83. The van der Waals surface area contributed by atoms with Crippen molar-refractivity contribution in [1.82, 2.24) is 10.2 Å². The van der Waals surface area contributed by atoms with Gasteiger partial charge in [0.2, 0.25) is 0 Å². The molecule has 0 amide bonds. The smallest absolute Gasteiger partial charge is 0.107 e. The number of nitrogens with zero attached hydrogens (tertiary/aromatic N) is 1. The largest absolute Gasteiger partial charge is 0.379 e. The summed E-state index contributed by atoms with van der Waals surface area (Å²) in [5.74, 6) is 0. The van der Waals surface area contributed by atoms with E-state index in [1.165, 1.54) is 4.88 Å². The van der Waals surface area contributed by atoms with Crippen LogP contribution in [0.25, 0.3) is 0 Å². The van der Waals surface area contributed by atoms with E-state index in [1.807, 2.05) is 0 Å². The zero-order chi connectivity index (χ0) is 12.1. The zero-order valence-corrected chi connectivity index (χ0v) is 12.7. The SMILES string of the molecule is Clc1sc(CNCCN2CCOCC2)cc1Br. The first kappa shape index (κ1) is 13.8. The van der Waals surface area contributed by atoms with Crippen molar-refractivity contribution in [3.05, 3.63) is 19.8 Å². The van der Waals surface area contributed by atoms with Gasteiger partial charge in [0.15, 0.2) is 0 Å². The van der Waals surface area contributed by atoms with Gasteiger partial charge in [-0.25, -0.2) is 0 Å². The number of hydrogen-bond donors (Lipinski definition) is 1. The van der Waals surface area contributed by atoms with Crippen LogP contribution in [0.3, 0.4) is 0 Å². The van der Waals surface area contributed by atoms with Gasteiger partial charge in [0.05, 0.1) is 13.2 Å². The third kappa shape index (κ3) is 4.50. The first-order chi connectivity index (χ1) is 8.25. The highest BCUT2D eigenvalue weighted by Gasteiger charge is 2.09. The van der Waals surface area contributed by atoms with E-state index in [2.05, 4.69) is 32.2 Å². The molecule has 1 aromatic heterocycles. The van der Waals surface area contributed by atoms with Gasteiger partial charge in [0.25, 0.3) is 0 Å². The van der Waals surface area contributed by atoms with Crippen LogP contribution < -0.4 is 5.32 Å². The highest BCUT2D eigenvalue weighted by molar-refractivity contribution is 9.10. The van der Waals surface area contributed by atoms with Gasteiger partial charge < -0.3 is 10.1 Å². The van der Waals surface area contributed by atoms with Gasteiger partial charge >= 0.3 is 0 Å². The number of hydrogen-bond acceptors (Lipinski definition) is 4. The minimum Gasteiger partial charge on any atom is -0.379 e. The molecule has 1 aliphatic heterocycles. The Morgan fingerprint density at radius 2 is 2.24 bits per heavy atom. The molecule has 0 aliphatic carbocycles. The molecule has 0 atom stereocenters. The van der Waals surface area contributed by atoms with Crippen LogP contribution in [0.5, 0.6) is 0 Å². The molecule has 2 rings (SSSR count). The van der Waals surface area contributed by atoms with Crippen molar-refractivity contribution in [2.24, 2.45) is 0 Å². The van der Waals surface area contributed by atoms with E-state index >= 15 is 0 Å². The van der Waals surface area contributed by atoms with Crippen LogP contribution in [0.15, 0.2) is 10.5 Å². The fraction of sp³-hybridized carbons (Fsp3) is 0.636. The molecular formula is C11H16BrClN2OS. The summed E-state index contributed by atoms with van der Waals surface area (Å²) in [5.41, 5.74) is 0. The quantitative estimate of drug-likeness (QED) is 0.835. The average molecular weight is 340 g/mol. The second-order valence-electron chi connectivity index (χ2n) is 3.97. The molecule has 1 aliphatic rings. The Hall–Kier alpha value is 0.350. The van der Waals surface area contributed by atoms with Gasteiger partial charge in [0.1, 0.15) is 4.34 Å². The lowest BCUT2D eigenvalue weighted by Crippen LogP contribution is -2.40. The maximum absolute atomic E-state index is 5.99. The predicted molar refractivity (Wildman–Crippen MR) is 76.0 cm³/mol. The third-order valence-electron chi connectivity index (χ3n) is 2.70. The Bertz CT molecular complexity index is 336. The summed E-state index contributed by atoms with van der Waals surface area (Å²) in [6.07, 6.45) is 0. The van der Waals surface area contributed by atoms with Crippen LogP contribution in [0.1, 0.15) is 4.88 Å². The van der Waals surface area contributed by atoms with Crippen LogP contribution in [0.2, 0.25) is 4.34 Å². The first-order valence-electron chi connectivity index (χ1n) is 5.70. The summed E-state index contributed by atoms with van der Waals surface area (Å²) in [7, 11) is 0. The summed E-state index contributed by atoms with van der Waals surface area (Å²) >= 11 is 11.0. The van der Waals surface area contributed by atoms with Gasteiger partial charge in [-0.2, -0.15) is 0 Å². The Kier molecular flexibility index (Phi) is 5.72. The van der Waals surface area contributed by atoms with E-state index in [9.17, 15) is 0 Å². The molecule has 1 aromatic rings. The van der Waals surface area contributed by atoms with E-state index in [-0.39, 0.29) is 0 Å². The molecule has 0 bridgehead atoms. The van der Waals surface area contributed by atoms with Crippen molar-refractivity contribution in [2.45, 2.75) is 6.54 Å². The lowest BCUT2D eigenvalue weighted by Gasteiger charge is -2.26. The van der Waals surface area contributed by atoms with Crippen LogP contribution in [0, 0.1) is 0 Å². The highest BCUT2D eigenvalue weighted by Crippen LogP contribution is 2.31. The van der Waals surface area contributed by atoms with Crippen molar-refractivity contribution in [1.29, 1.82) is 0 Å². The number of halogens is 2. The number of rotatable bonds is 5. The molecule has 1 N–H and O–H groups in total. The van der Waals surface area contributed by atoms with E-state index in [0.29, 0.717) is 0 Å². The maximum atomic E-state index is 5.99. The predicted octanol–water partition coefficient (Wildman–Crippen LogP) is 2.59. The summed E-state index contributed by atoms with van der Waals surface area (Å²) in [4.78, 5) is 3.69. The fourth-order valence-electron chi connectivity index (χ4n) is 1.75. The second-order valence-corrected chi connectivity index (χ2v) is 6.56. The Balaban J connectivity index is 1.62.